The van der Waals surface area contributed by atoms with E-state index in [1.165, 1.54) is 31.4 Å². The summed E-state index contributed by atoms with van der Waals surface area (Å²) >= 11 is 0. The van der Waals surface area contributed by atoms with Crippen LogP contribution in [0.25, 0.3) is 28.3 Å². The summed E-state index contributed by atoms with van der Waals surface area (Å²) < 4.78 is 38.1. The van der Waals surface area contributed by atoms with Crippen LogP contribution >= 0.6 is 0 Å². The molecule has 0 bridgehead atoms. The van der Waals surface area contributed by atoms with E-state index in [-0.39, 0.29) is 66.3 Å². The zero-order chi connectivity index (χ0) is 44.4. The highest BCUT2D eigenvalue weighted by atomic mass is 28.4. The predicted molar refractivity (Wildman–Crippen MR) is 233 cm³/mol. The maximum Gasteiger partial charge on any atom is 0.338 e. The molecule has 1 heterocycles. The predicted octanol–water partition coefficient (Wildman–Crippen LogP) is 9.75. The number of hydrogen-bond donors (Lipinski definition) is 1. The fourth-order valence-electron chi connectivity index (χ4n) is 6.53. The van der Waals surface area contributed by atoms with Crippen LogP contribution in [-0.4, -0.2) is 68.9 Å². The van der Waals surface area contributed by atoms with E-state index < -0.39 is 44.1 Å². The lowest BCUT2D eigenvalue weighted by atomic mass is 9.94. The molecule has 0 unspecified atom stereocenters. The number of carbonyl (C=O) groups is 5. The van der Waals surface area contributed by atoms with Gasteiger partial charge < -0.3 is 28.5 Å². The first-order valence-corrected chi connectivity index (χ1v) is 23.0. The molecular formula is C47H57FN2O9Si. The second kappa shape index (κ2) is 20.5. The van der Waals surface area contributed by atoms with Gasteiger partial charge in [0.15, 0.2) is 14.1 Å². The molecule has 320 valence electrons. The van der Waals surface area contributed by atoms with Crippen molar-refractivity contribution in [1.29, 1.82) is 0 Å². The Morgan fingerprint density at radius 2 is 1.38 bits per heavy atom. The second-order valence-corrected chi connectivity index (χ2v) is 20.9. The third kappa shape index (κ3) is 11.8. The summed E-state index contributed by atoms with van der Waals surface area (Å²) in [5, 5.41) is 2.81. The zero-order valence-corrected chi connectivity index (χ0v) is 37.3. The first-order valence-electron chi connectivity index (χ1n) is 20.1. The minimum absolute atomic E-state index is 0.0820. The minimum Gasteiger partial charge on any atom is -0.469 e. The van der Waals surface area contributed by atoms with Crippen molar-refractivity contribution in [2.75, 3.05) is 20.3 Å². The molecule has 4 aromatic rings. The van der Waals surface area contributed by atoms with Crippen molar-refractivity contribution in [3.05, 3.63) is 113 Å². The number of halogens is 1. The average molecular weight is 841 g/mol. The van der Waals surface area contributed by atoms with Crippen LogP contribution in [0, 0.1) is 5.82 Å². The number of allylic oxidation sites excluding steroid dienone is 1. The molecule has 1 N–H and O–H groups in total. The van der Waals surface area contributed by atoms with Gasteiger partial charge in [-0.25, -0.2) is 14.0 Å². The number of nitrogens with one attached hydrogen (secondary N) is 1. The molecule has 4 rings (SSSR count). The van der Waals surface area contributed by atoms with Gasteiger partial charge in [-0.1, -0.05) is 63.2 Å². The minimum atomic E-state index is -2.40. The standard InChI is InChI=1S/C47H57FN2O9Si/c1-11-57-45(54)34-24-31(25-35(26-34)46(55)58-12-2)29-49-44(53)43-42(32-16-14-13-15-17-32)41(33-18-20-36(48)21-19-33)39(50(43)30(3)4)23-22-37(51)27-38(28-40(52)56-8)59-60(9,10)47(5,6)7/h13-26,30,38H,11-12,27-29H2,1-10H3,(H,49,53)/t38-/m1/s1. The fourth-order valence-corrected chi connectivity index (χ4v) is 7.89. The highest BCUT2D eigenvalue weighted by Crippen LogP contribution is 2.43. The number of ketones is 1. The third-order valence-corrected chi connectivity index (χ3v) is 14.9. The van der Waals surface area contributed by atoms with Gasteiger partial charge in [0.05, 0.1) is 49.7 Å². The van der Waals surface area contributed by atoms with E-state index in [0.29, 0.717) is 33.5 Å². The smallest absolute Gasteiger partial charge is 0.338 e. The van der Waals surface area contributed by atoms with Crippen molar-refractivity contribution in [3.63, 3.8) is 0 Å². The number of benzene rings is 3. The molecule has 0 saturated carbocycles. The molecule has 1 amide bonds. The van der Waals surface area contributed by atoms with Gasteiger partial charge in [0.2, 0.25) is 0 Å². The molecule has 0 aliphatic carbocycles. The van der Waals surface area contributed by atoms with Gasteiger partial charge >= 0.3 is 17.9 Å². The molecule has 3 aromatic carbocycles. The van der Waals surface area contributed by atoms with Crippen LogP contribution in [0.3, 0.4) is 0 Å². The van der Waals surface area contributed by atoms with Gasteiger partial charge in [-0.05, 0) is 105 Å². The van der Waals surface area contributed by atoms with Gasteiger partial charge in [-0.3, -0.25) is 14.4 Å². The number of hydrogen-bond acceptors (Lipinski definition) is 9. The Morgan fingerprint density at radius 1 is 0.817 bits per heavy atom. The summed E-state index contributed by atoms with van der Waals surface area (Å²) in [5.41, 5.74) is 3.89. The Hall–Kier alpha value is -5.66. The molecule has 11 nitrogen and oxygen atoms in total. The van der Waals surface area contributed by atoms with E-state index in [1.54, 1.807) is 44.2 Å². The number of rotatable bonds is 18. The Labute approximate surface area is 353 Å². The molecule has 0 saturated heterocycles. The lowest BCUT2D eigenvalue weighted by molar-refractivity contribution is -0.142. The Morgan fingerprint density at radius 3 is 1.90 bits per heavy atom. The lowest BCUT2D eigenvalue weighted by Crippen LogP contribution is -2.44. The van der Waals surface area contributed by atoms with Crippen molar-refractivity contribution < 1.29 is 47.0 Å². The number of methoxy groups -OCH3 is 1. The van der Waals surface area contributed by atoms with Crippen molar-refractivity contribution >= 4 is 44.0 Å². The van der Waals surface area contributed by atoms with Gasteiger partial charge in [-0.2, -0.15) is 0 Å². The Bertz CT molecular complexity index is 2170. The summed E-state index contributed by atoms with van der Waals surface area (Å²) in [6.45, 7) is 17.7. The third-order valence-electron chi connectivity index (χ3n) is 10.4. The molecule has 60 heavy (non-hydrogen) atoms. The van der Waals surface area contributed by atoms with Crippen LogP contribution < -0.4 is 5.32 Å². The molecule has 0 aliphatic heterocycles. The zero-order valence-electron chi connectivity index (χ0n) is 36.3. The van der Waals surface area contributed by atoms with E-state index in [0.717, 1.165) is 0 Å². The Kier molecular flexibility index (Phi) is 16.1. The van der Waals surface area contributed by atoms with Crippen LogP contribution in [0.4, 0.5) is 4.39 Å². The molecule has 0 spiro atoms. The van der Waals surface area contributed by atoms with E-state index in [2.05, 4.69) is 39.2 Å². The van der Waals surface area contributed by atoms with Crippen LogP contribution in [0.2, 0.25) is 18.1 Å². The van der Waals surface area contributed by atoms with Gasteiger partial charge in [0.25, 0.3) is 5.91 Å². The normalized spacial score (nSPS) is 12.3. The van der Waals surface area contributed by atoms with Crippen LogP contribution in [0.1, 0.15) is 110 Å². The van der Waals surface area contributed by atoms with Gasteiger partial charge in [-0.15, -0.1) is 0 Å². The number of nitrogens with zero attached hydrogens (tertiary/aromatic N) is 1. The largest absolute Gasteiger partial charge is 0.469 e. The average Bonchev–Trinajstić information content (AvgIpc) is 3.54. The van der Waals surface area contributed by atoms with Crippen molar-refractivity contribution in [1.82, 2.24) is 9.88 Å². The van der Waals surface area contributed by atoms with E-state index >= 15 is 0 Å². The number of ether oxygens (including phenoxy) is 3. The maximum atomic E-state index is 14.7. The lowest BCUT2D eigenvalue weighted by Gasteiger charge is -2.39. The fraction of sp³-hybridized carbons (Fsp3) is 0.383. The van der Waals surface area contributed by atoms with Crippen molar-refractivity contribution in [3.8, 4) is 22.3 Å². The summed E-state index contributed by atoms with van der Waals surface area (Å²) in [6.07, 6.45) is 2.16. The molecule has 13 heteroatoms. The number of esters is 3. The highest BCUT2D eigenvalue weighted by molar-refractivity contribution is 6.74. The summed E-state index contributed by atoms with van der Waals surface area (Å²) in [6, 6.07) is 19.4. The molecule has 0 fully saturated rings. The topological polar surface area (TPSA) is 139 Å². The SMILES string of the molecule is CCOC(=O)c1cc(CNC(=O)c2c(-c3ccccc3)c(-c3ccc(F)cc3)c(C=CC(=O)C[C@H](CC(=O)OC)O[Si](C)(C)C(C)(C)C)n2C(C)C)cc(C(=O)OCC)c1. The van der Waals surface area contributed by atoms with Crippen LogP contribution in [0.15, 0.2) is 78.9 Å². The monoisotopic (exact) mass is 840 g/mol. The van der Waals surface area contributed by atoms with Gasteiger partial charge in [0.1, 0.15) is 11.5 Å². The molecule has 1 aromatic heterocycles. The summed E-state index contributed by atoms with van der Waals surface area (Å²) in [7, 11) is -1.11. The first kappa shape index (κ1) is 47.0. The summed E-state index contributed by atoms with van der Waals surface area (Å²) in [4.78, 5) is 66.7. The van der Waals surface area contributed by atoms with E-state index in [9.17, 15) is 28.4 Å². The van der Waals surface area contributed by atoms with Crippen LogP contribution in [0.5, 0.6) is 0 Å². The van der Waals surface area contributed by atoms with Gasteiger partial charge in [0, 0.05) is 30.1 Å². The second-order valence-electron chi connectivity index (χ2n) is 16.1. The first-order chi connectivity index (χ1) is 28.3. The molecule has 0 radical (unpaired) electrons. The number of amides is 1. The quantitative estimate of drug-likeness (QED) is 0.0449. The van der Waals surface area contributed by atoms with Crippen LogP contribution in [-0.2, 0) is 34.8 Å². The molecule has 0 aliphatic rings. The summed E-state index contributed by atoms with van der Waals surface area (Å²) in [5.74, 6) is -2.99. The maximum absolute atomic E-state index is 14.7. The van der Waals surface area contributed by atoms with Crippen molar-refractivity contribution in [2.45, 2.75) is 98.1 Å². The molecule has 1 atom stereocenters. The number of aromatic nitrogens is 1. The van der Waals surface area contributed by atoms with E-state index in [1.807, 2.05) is 48.7 Å². The van der Waals surface area contributed by atoms with Crippen molar-refractivity contribution in [2.24, 2.45) is 0 Å². The van der Waals surface area contributed by atoms with E-state index in [4.69, 9.17) is 18.6 Å². The number of carbonyl (C=O) groups excluding carboxylic acids is 5. The molecular weight excluding hydrogens is 784 g/mol. The highest BCUT2D eigenvalue weighted by Gasteiger charge is 2.40. The Balaban J connectivity index is 1.89.